The second-order valence-corrected chi connectivity index (χ2v) is 2.15. The summed E-state index contributed by atoms with van der Waals surface area (Å²) in [5.74, 6) is -0.969. The van der Waals surface area contributed by atoms with Crippen molar-refractivity contribution in [2.75, 3.05) is 7.11 Å². The molecule has 0 rings (SSSR count). The van der Waals surface area contributed by atoms with Gasteiger partial charge in [0.1, 0.15) is 6.04 Å². The average Bonchev–Trinajstić information content (AvgIpc) is 2.03. The number of amides is 1. The molecule has 0 heterocycles. The molecule has 68 valence electrons. The van der Waals surface area contributed by atoms with Gasteiger partial charge in [-0.25, -0.2) is 4.79 Å². The zero-order chi connectivity index (χ0) is 9.56. The SMILES string of the molecule is COC(=O)/C=C/NC(C)C(N)=O. The molecule has 3 N–H and O–H groups in total. The van der Waals surface area contributed by atoms with Gasteiger partial charge in [0.25, 0.3) is 0 Å². The number of rotatable bonds is 4. The van der Waals surface area contributed by atoms with Gasteiger partial charge in [0.15, 0.2) is 0 Å². The van der Waals surface area contributed by atoms with Gasteiger partial charge in [-0.1, -0.05) is 0 Å². The van der Waals surface area contributed by atoms with Crippen molar-refractivity contribution in [1.29, 1.82) is 0 Å². The number of carbonyl (C=O) groups is 2. The van der Waals surface area contributed by atoms with E-state index in [2.05, 4.69) is 10.1 Å². The third-order valence-corrected chi connectivity index (χ3v) is 1.19. The van der Waals surface area contributed by atoms with Gasteiger partial charge in [-0.05, 0) is 6.92 Å². The molecule has 0 aromatic rings. The fraction of sp³-hybridized carbons (Fsp3) is 0.429. The lowest BCUT2D eigenvalue weighted by molar-refractivity contribution is -0.134. The summed E-state index contributed by atoms with van der Waals surface area (Å²) in [4.78, 5) is 21.0. The number of hydrogen-bond acceptors (Lipinski definition) is 4. The first-order valence-electron chi connectivity index (χ1n) is 3.37. The second kappa shape index (κ2) is 5.17. The van der Waals surface area contributed by atoms with Crippen LogP contribution in [0.15, 0.2) is 12.3 Å². The molecule has 12 heavy (non-hydrogen) atoms. The normalized spacial score (nSPS) is 12.5. The van der Waals surface area contributed by atoms with Crippen LogP contribution in [0.1, 0.15) is 6.92 Å². The van der Waals surface area contributed by atoms with Gasteiger partial charge in [-0.2, -0.15) is 0 Å². The lowest BCUT2D eigenvalue weighted by atomic mass is 10.3. The van der Waals surface area contributed by atoms with Crippen molar-refractivity contribution in [3.05, 3.63) is 12.3 Å². The molecular weight excluding hydrogens is 160 g/mol. The predicted molar refractivity (Wildman–Crippen MR) is 42.9 cm³/mol. The summed E-state index contributed by atoms with van der Waals surface area (Å²) in [5, 5.41) is 2.59. The van der Waals surface area contributed by atoms with E-state index in [0.717, 1.165) is 0 Å². The fourth-order valence-electron chi connectivity index (χ4n) is 0.411. The Hall–Kier alpha value is -1.52. The molecular formula is C7H12N2O3. The van der Waals surface area contributed by atoms with Crippen LogP contribution in [0.25, 0.3) is 0 Å². The van der Waals surface area contributed by atoms with Gasteiger partial charge in [0.2, 0.25) is 5.91 Å². The minimum atomic E-state index is -0.495. The molecule has 0 saturated heterocycles. The Labute approximate surface area is 70.6 Å². The molecule has 0 aliphatic heterocycles. The Balaban J connectivity index is 3.74. The monoisotopic (exact) mass is 172 g/mol. The molecule has 1 amide bonds. The summed E-state index contributed by atoms with van der Waals surface area (Å²) in [6, 6.07) is -0.495. The van der Waals surface area contributed by atoms with E-state index in [-0.39, 0.29) is 0 Å². The number of methoxy groups -OCH3 is 1. The summed E-state index contributed by atoms with van der Waals surface area (Å²) < 4.78 is 4.31. The van der Waals surface area contributed by atoms with Crippen molar-refractivity contribution in [2.45, 2.75) is 13.0 Å². The van der Waals surface area contributed by atoms with Gasteiger partial charge in [0, 0.05) is 12.3 Å². The fourth-order valence-corrected chi connectivity index (χ4v) is 0.411. The first-order chi connectivity index (χ1) is 5.57. The molecule has 0 aromatic carbocycles. The Morgan fingerprint density at radius 3 is 2.58 bits per heavy atom. The molecule has 0 saturated carbocycles. The Morgan fingerprint density at radius 2 is 2.17 bits per heavy atom. The molecule has 0 aliphatic carbocycles. The summed E-state index contributed by atoms with van der Waals surface area (Å²) in [5.41, 5.74) is 4.93. The molecule has 0 spiro atoms. The molecule has 0 fully saturated rings. The molecule has 0 aromatic heterocycles. The van der Waals surface area contributed by atoms with E-state index in [1.54, 1.807) is 6.92 Å². The van der Waals surface area contributed by atoms with Crippen LogP contribution in [-0.2, 0) is 14.3 Å². The number of ether oxygens (including phenoxy) is 1. The highest BCUT2D eigenvalue weighted by molar-refractivity contribution is 5.82. The molecule has 1 atom stereocenters. The minimum Gasteiger partial charge on any atom is -0.466 e. The topological polar surface area (TPSA) is 81.4 Å². The number of esters is 1. The Morgan fingerprint density at radius 1 is 1.58 bits per heavy atom. The van der Waals surface area contributed by atoms with Gasteiger partial charge < -0.3 is 15.8 Å². The van der Waals surface area contributed by atoms with Crippen LogP contribution in [0.3, 0.4) is 0 Å². The number of nitrogens with one attached hydrogen (secondary N) is 1. The van der Waals surface area contributed by atoms with E-state index in [1.165, 1.54) is 19.4 Å². The zero-order valence-electron chi connectivity index (χ0n) is 7.03. The zero-order valence-corrected chi connectivity index (χ0v) is 7.03. The maximum absolute atomic E-state index is 10.5. The van der Waals surface area contributed by atoms with E-state index >= 15 is 0 Å². The first-order valence-corrected chi connectivity index (χ1v) is 3.37. The van der Waals surface area contributed by atoms with Crippen LogP contribution in [0.4, 0.5) is 0 Å². The largest absolute Gasteiger partial charge is 0.466 e. The van der Waals surface area contributed by atoms with Crippen LogP contribution in [0, 0.1) is 0 Å². The van der Waals surface area contributed by atoms with Crippen LogP contribution < -0.4 is 11.1 Å². The third kappa shape index (κ3) is 4.32. The average molecular weight is 172 g/mol. The molecule has 5 nitrogen and oxygen atoms in total. The van der Waals surface area contributed by atoms with E-state index in [1.807, 2.05) is 0 Å². The maximum atomic E-state index is 10.5. The highest BCUT2D eigenvalue weighted by Gasteiger charge is 2.03. The van der Waals surface area contributed by atoms with Crippen molar-refractivity contribution in [3.8, 4) is 0 Å². The van der Waals surface area contributed by atoms with Crippen molar-refractivity contribution >= 4 is 11.9 Å². The van der Waals surface area contributed by atoms with Gasteiger partial charge in [-0.15, -0.1) is 0 Å². The smallest absolute Gasteiger partial charge is 0.331 e. The van der Waals surface area contributed by atoms with E-state index in [0.29, 0.717) is 0 Å². The van der Waals surface area contributed by atoms with Crippen LogP contribution >= 0.6 is 0 Å². The summed E-state index contributed by atoms with van der Waals surface area (Å²) in [7, 11) is 1.27. The van der Waals surface area contributed by atoms with Crippen LogP contribution in [0.5, 0.6) is 0 Å². The van der Waals surface area contributed by atoms with Crippen LogP contribution in [-0.4, -0.2) is 25.0 Å². The number of nitrogens with two attached hydrogens (primary N) is 1. The first kappa shape index (κ1) is 10.5. The molecule has 0 aliphatic rings. The highest BCUT2D eigenvalue weighted by atomic mass is 16.5. The Bertz CT molecular complexity index is 201. The highest BCUT2D eigenvalue weighted by Crippen LogP contribution is 1.80. The van der Waals surface area contributed by atoms with Gasteiger partial charge >= 0.3 is 5.97 Å². The lowest BCUT2D eigenvalue weighted by Gasteiger charge is -2.05. The summed E-state index contributed by atoms with van der Waals surface area (Å²) in [6.45, 7) is 1.59. The minimum absolute atomic E-state index is 0.482. The van der Waals surface area contributed by atoms with E-state index < -0.39 is 17.9 Å². The van der Waals surface area contributed by atoms with Gasteiger partial charge in [-0.3, -0.25) is 4.79 Å². The van der Waals surface area contributed by atoms with Gasteiger partial charge in [0.05, 0.1) is 7.11 Å². The molecule has 0 radical (unpaired) electrons. The maximum Gasteiger partial charge on any atom is 0.331 e. The molecule has 1 unspecified atom stereocenters. The number of hydrogen-bond donors (Lipinski definition) is 2. The molecule has 5 heteroatoms. The van der Waals surface area contributed by atoms with E-state index in [4.69, 9.17) is 5.73 Å². The predicted octanol–water partition coefficient (Wildman–Crippen LogP) is -0.863. The summed E-state index contributed by atoms with van der Waals surface area (Å²) >= 11 is 0. The van der Waals surface area contributed by atoms with Crippen molar-refractivity contribution in [3.63, 3.8) is 0 Å². The second-order valence-electron chi connectivity index (χ2n) is 2.15. The van der Waals surface area contributed by atoms with Crippen molar-refractivity contribution in [1.82, 2.24) is 5.32 Å². The standard InChI is InChI=1S/C7H12N2O3/c1-5(7(8)11)9-4-3-6(10)12-2/h3-5,9H,1-2H3,(H2,8,11)/b4-3+. The number of primary amides is 1. The lowest BCUT2D eigenvalue weighted by Crippen LogP contribution is -2.35. The number of carbonyl (C=O) groups excluding carboxylic acids is 2. The quantitative estimate of drug-likeness (QED) is 0.427. The Kier molecular flexibility index (Phi) is 4.52. The van der Waals surface area contributed by atoms with Crippen molar-refractivity contribution < 1.29 is 14.3 Å². The summed E-state index contributed by atoms with van der Waals surface area (Å²) in [6.07, 6.45) is 2.49. The van der Waals surface area contributed by atoms with Crippen molar-refractivity contribution in [2.24, 2.45) is 5.73 Å². The molecule has 0 bridgehead atoms. The van der Waals surface area contributed by atoms with Crippen LogP contribution in [0.2, 0.25) is 0 Å². The van der Waals surface area contributed by atoms with E-state index in [9.17, 15) is 9.59 Å². The third-order valence-electron chi connectivity index (χ3n) is 1.19.